The van der Waals surface area contributed by atoms with Crippen LogP contribution in [0.2, 0.25) is 10.0 Å². The molecule has 1 aromatic rings. The first kappa shape index (κ1) is 11.6. The van der Waals surface area contributed by atoms with E-state index in [0.717, 1.165) is 5.56 Å². The molecule has 78 valence electrons. The maximum Gasteiger partial charge on any atom is 0.139 e. The Kier molecular flexibility index (Phi) is 4.05. The molecule has 1 atom stereocenters. The van der Waals surface area contributed by atoms with Gasteiger partial charge in [-0.15, -0.1) is 0 Å². The minimum absolute atomic E-state index is 0.129. The molecule has 0 saturated carbocycles. The Labute approximate surface area is 94.0 Å². The minimum Gasteiger partial charge on any atom is -0.492 e. The van der Waals surface area contributed by atoms with E-state index in [0.29, 0.717) is 22.4 Å². The lowest BCUT2D eigenvalue weighted by Gasteiger charge is -2.12. The maximum atomic E-state index is 6.01. The van der Waals surface area contributed by atoms with E-state index in [4.69, 9.17) is 33.7 Å². The fourth-order valence-electron chi connectivity index (χ4n) is 1.16. The van der Waals surface area contributed by atoms with Crippen LogP contribution in [-0.2, 0) is 0 Å². The van der Waals surface area contributed by atoms with Crippen LogP contribution in [0.4, 0.5) is 0 Å². The number of benzene rings is 1. The van der Waals surface area contributed by atoms with Crippen molar-refractivity contribution in [1.82, 2.24) is 0 Å². The third-order valence-corrected chi connectivity index (χ3v) is 2.46. The van der Waals surface area contributed by atoms with E-state index in [1.54, 1.807) is 12.1 Å². The Hall–Kier alpha value is -0.440. The molecule has 0 aliphatic rings. The Morgan fingerprint density at radius 3 is 2.50 bits per heavy atom. The van der Waals surface area contributed by atoms with Crippen LogP contribution >= 0.6 is 23.2 Å². The molecule has 0 spiro atoms. The normalized spacial score (nSPS) is 12.6. The molecule has 0 unspecified atom stereocenters. The van der Waals surface area contributed by atoms with Crippen LogP contribution in [0.25, 0.3) is 0 Å². The zero-order chi connectivity index (χ0) is 10.7. The van der Waals surface area contributed by atoms with Gasteiger partial charge in [-0.3, -0.25) is 0 Å². The van der Waals surface area contributed by atoms with E-state index in [2.05, 4.69) is 0 Å². The second-order valence-corrected chi connectivity index (χ2v) is 3.84. The molecule has 0 radical (unpaired) electrons. The highest BCUT2D eigenvalue weighted by atomic mass is 35.5. The summed E-state index contributed by atoms with van der Waals surface area (Å²) in [4.78, 5) is 0. The highest BCUT2D eigenvalue weighted by molar-refractivity contribution is 6.34. The molecule has 2 N–H and O–H groups in total. The Morgan fingerprint density at radius 1 is 1.36 bits per heavy atom. The Morgan fingerprint density at radius 2 is 2.00 bits per heavy atom. The van der Waals surface area contributed by atoms with Crippen molar-refractivity contribution in [3.63, 3.8) is 0 Å². The van der Waals surface area contributed by atoms with Gasteiger partial charge in [-0.1, -0.05) is 23.2 Å². The molecule has 14 heavy (non-hydrogen) atoms. The SMILES string of the molecule is CCOc1cc(Cl)c([C@H](C)N)cc1Cl. The van der Waals surface area contributed by atoms with Gasteiger partial charge in [0.2, 0.25) is 0 Å². The quantitative estimate of drug-likeness (QED) is 0.869. The van der Waals surface area contributed by atoms with Crippen molar-refractivity contribution >= 4 is 23.2 Å². The largest absolute Gasteiger partial charge is 0.492 e. The van der Waals surface area contributed by atoms with Crippen LogP contribution in [0.5, 0.6) is 5.75 Å². The topological polar surface area (TPSA) is 35.2 Å². The molecule has 4 heteroatoms. The van der Waals surface area contributed by atoms with Crippen LogP contribution < -0.4 is 10.5 Å². The van der Waals surface area contributed by atoms with Crippen LogP contribution in [-0.4, -0.2) is 6.61 Å². The molecule has 0 bridgehead atoms. The third kappa shape index (κ3) is 2.53. The molecule has 1 rings (SSSR count). The standard InChI is InChI=1S/C10H13Cl2NO/c1-3-14-10-5-8(11)7(6(2)13)4-9(10)12/h4-6H,3,13H2,1-2H3/t6-/m0/s1. The van der Waals surface area contributed by atoms with E-state index < -0.39 is 0 Å². The first-order valence-corrected chi connectivity index (χ1v) is 5.19. The monoisotopic (exact) mass is 233 g/mol. The van der Waals surface area contributed by atoms with E-state index >= 15 is 0 Å². The van der Waals surface area contributed by atoms with Crippen molar-refractivity contribution in [1.29, 1.82) is 0 Å². The zero-order valence-corrected chi connectivity index (χ0v) is 9.69. The second-order valence-electron chi connectivity index (χ2n) is 3.03. The molecular formula is C10H13Cl2NO. The summed E-state index contributed by atoms with van der Waals surface area (Å²) in [7, 11) is 0. The van der Waals surface area contributed by atoms with Crippen molar-refractivity contribution in [3.05, 3.63) is 27.7 Å². The molecule has 0 saturated heterocycles. The predicted octanol–water partition coefficient (Wildman–Crippen LogP) is 3.41. The van der Waals surface area contributed by atoms with E-state index in [-0.39, 0.29) is 6.04 Å². The smallest absolute Gasteiger partial charge is 0.139 e. The van der Waals surface area contributed by atoms with Crippen molar-refractivity contribution < 1.29 is 4.74 Å². The van der Waals surface area contributed by atoms with Crippen LogP contribution in [0.3, 0.4) is 0 Å². The van der Waals surface area contributed by atoms with Gasteiger partial charge in [0.15, 0.2) is 0 Å². The summed E-state index contributed by atoms with van der Waals surface area (Å²) >= 11 is 12.0. The van der Waals surface area contributed by atoms with Gasteiger partial charge >= 0.3 is 0 Å². The lowest BCUT2D eigenvalue weighted by molar-refractivity contribution is 0.340. The number of hydrogen-bond donors (Lipinski definition) is 1. The molecule has 0 aliphatic carbocycles. The Bertz CT molecular complexity index is 326. The summed E-state index contributed by atoms with van der Waals surface area (Å²) in [5.74, 6) is 0.601. The van der Waals surface area contributed by atoms with Gasteiger partial charge in [0.05, 0.1) is 11.6 Å². The fourth-order valence-corrected chi connectivity index (χ4v) is 1.71. The lowest BCUT2D eigenvalue weighted by Crippen LogP contribution is -2.06. The molecule has 0 amide bonds. The highest BCUT2D eigenvalue weighted by Gasteiger charge is 2.10. The van der Waals surface area contributed by atoms with E-state index in [1.807, 2.05) is 13.8 Å². The first-order chi connectivity index (χ1) is 6.56. The molecular weight excluding hydrogens is 221 g/mol. The van der Waals surface area contributed by atoms with Gasteiger partial charge in [0.25, 0.3) is 0 Å². The van der Waals surface area contributed by atoms with Crippen LogP contribution in [0, 0.1) is 0 Å². The third-order valence-electron chi connectivity index (χ3n) is 1.84. The first-order valence-electron chi connectivity index (χ1n) is 4.43. The maximum absolute atomic E-state index is 6.01. The molecule has 2 nitrogen and oxygen atoms in total. The van der Waals surface area contributed by atoms with Gasteiger partial charge in [0, 0.05) is 17.1 Å². The average Bonchev–Trinajstić information content (AvgIpc) is 2.10. The van der Waals surface area contributed by atoms with E-state index in [9.17, 15) is 0 Å². The Balaban J connectivity index is 3.10. The number of halogens is 2. The van der Waals surface area contributed by atoms with Crippen LogP contribution in [0.15, 0.2) is 12.1 Å². The van der Waals surface area contributed by atoms with Gasteiger partial charge in [0.1, 0.15) is 5.75 Å². The average molecular weight is 234 g/mol. The summed E-state index contributed by atoms with van der Waals surface area (Å²) in [5.41, 5.74) is 6.56. The highest BCUT2D eigenvalue weighted by Crippen LogP contribution is 2.33. The molecule has 0 fully saturated rings. The van der Waals surface area contributed by atoms with Crippen molar-refractivity contribution in [2.45, 2.75) is 19.9 Å². The summed E-state index contributed by atoms with van der Waals surface area (Å²) in [6.45, 7) is 4.31. The van der Waals surface area contributed by atoms with E-state index in [1.165, 1.54) is 0 Å². The summed E-state index contributed by atoms with van der Waals surface area (Å²) in [6, 6.07) is 3.32. The van der Waals surface area contributed by atoms with Crippen molar-refractivity contribution in [2.24, 2.45) is 5.73 Å². The van der Waals surface area contributed by atoms with Crippen LogP contribution in [0.1, 0.15) is 25.5 Å². The van der Waals surface area contributed by atoms with Gasteiger partial charge in [-0.2, -0.15) is 0 Å². The number of rotatable bonds is 3. The molecule has 1 aromatic carbocycles. The summed E-state index contributed by atoms with van der Waals surface area (Å²) < 4.78 is 5.29. The fraction of sp³-hybridized carbons (Fsp3) is 0.400. The van der Waals surface area contributed by atoms with Gasteiger partial charge < -0.3 is 10.5 Å². The second kappa shape index (κ2) is 4.87. The van der Waals surface area contributed by atoms with Crippen molar-refractivity contribution in [2.75, 3.05) is 6.61 Å². The summed E-state index contributed by atoms with van der Waals surface area (Å²) in [5, 5.41) is 1.14. The van der Waals surface area contributed by atoms with Crippen molar-refractivity contribution in [3.8, 4) is 5.75 Å². The molecule has 0 heterocycles. The van der Waals surface area contributed by atoms with Gasteiger partial charge in [-0.05, 0) is 25.5 Å². The molecule has 0 aromatic heterocycles. The minimum atomic E-state index is -0.129. The lowest BCUT2D eigenvalue weighted by atomic mass is 10.1. The predicted molar refractivity (Wildman–Crippen MR) is 60.2 cm³/mol. The number of hydrogen-bond acceptors (Lipinski definition) is 2. The molecule has 0 aliphatic heterocycles. The van der Waals surface area contributed by atoms with Gasteiger partial charge in [-0.25, -0.2) is 0 Å². The number of nitrogens with two attached hydrogens (primary N) is 1. The zero-order valence-electron chi connectivity index (χ0n) is 8.18. The number of ether oxygens (including phenoxy) is 1. The summed E-state index contributed by atoms with van der Waals surface area (Å²) in [6.07, 6.45) is 0.